The maximum absolute atomic E-state index is 13.5. The van der Waals surface area contributed by atoms with Crippen LogP contribution < -0.4 is 20.6 Å². The molecule has 1 saturated carbocycles. The SMILES string of the molecule is O=S(=O)(N[C@@H]1CCCC[C@H]1N=Cc1ccccc1P(c1ccccc1)c1ccccc1)c1ccc2ccccc2c1. The van der Waals surface area contributed by atoms with Crippen molar-refractivity contribution < 1.29 is 8.42 Å². The van der Waals surface area contributed by atoms with E-state index in [-0.39, 0.29) is 12.1 Å². The van der Waals surface area contributed by atoms with E-state index < -0.39 is 17.9 Å². The Morgan fingerprint density at radius 1 is 0.683 bits per heavy atom. The van der Waals surface area contributed by atoms with Crippen molar-refractivity contribution in [2.45, 2.75) is 42.7 Å². The summed E-state index contributed by atoms with van der Waals surface area (Å²) in [4.78, 5) is 5.35. The van der Waals surface area contributed by atoms with Gasteiger partial charge in [-0.1, -0.05) is 128 Å². The molecule has 0 aliphatic heterocycles. The van der Waals surface area contributed by atoms with Gasteiger partial charge in [0, 0.05) is 17.8 Å². The summed E-state index contributed by atoms with van der Waals surface area (Å²) in [6.07, 6.45) is 5.64. The summed E-state index contributed by atoms with van der Waals surface area (Å²) in [6, 6.07) is 42.5. The van der Waals surface area contributed by atoms with Gasteiger partial charge in [0.15, 0.2) is 0 Å². The minimum absolute atomic E-state index is 0.119. The highest BCUT2D eigenvalue weighted by Crippen LogP contribution is 2.34. The molecule has 0 spiro atoms. The summed E-state index contributed by atoms with van der Waals surface area (Å²) in [5, 5.41) is 5.75. The van der Waals surface area contributed by atoms with E-state index in [1.807, 2.05) is 36.5 Å². The molecule has 5 aromatic carbocycles. The van der Waals surface area contributed by atoms with Gasteiger partial charge in [0.2, 0.25) is 10.0 Å². The number of aliphatic imine (C=N–C) groups is 1. The van der Waals surface area contributed by atoms with E-state index in [1.165, 1.54) is 15.9 Å². The lowest BCUT2D eigenvalue weighted by Gasteiger charge is -2.29. The number of nitrogens with zero attached hydrogens (tertiary/aromatic N) is 1. The maximum atomic E-state index is 13.5. The van der Waals surface area contributed by atoms with Gasteiger partial charge < -0.3 is 0 Å². The highest BCUT2D eigenvalue weighted by atomic mass is 32.2. The molecule has 6 rings (SSSR count). The van der Waals surface area contributed by atoms with Crippen molar-refractivity contribution in [1.82, 2.24) is 4.72 Å². The topological polar surface area (TPSA) is 58.5 Å². The van der Waals surface area contributed by atoms with Crippen LogP contribution in [-0.4, -0.2) is 26.7 Å². The molecule has 1 N–H and O–H groups in total. The molecule has 6 heteroatoms. The Balaban J connectivity index is 1.29. The van der Waals surface area contributed by atoms with Gasteiger partial charge in [-0.05, 0) is 59.6 Å². The van der Waals surface area contributed by atoms with E-state index in [2.05, 4.69) is 89.7 Å². The second-order valence-corrected chi connectivity index (χ2v) is 14.3. The third kappa shape index (κ3) is 6.33. The zero-order valence-corrected chi connectivity index (χ0v) is 24.5. The highest BCUT2D eigenvalue weighted by molar-refractivity contribution is 7.89. The van der Waals surface area contributed by atoms with Crippen molar-refractivity contribution >= 4 is 50.8 Å². The lowest BCUT2D eigenvalue weighted by molar-refractivity contribution is 0.363. The standard InChI is InChI=1S/C35H33N2O2PS/c38-41(39,32-24-23-27-13-7-8-14-28(27)25-32)37-34-21-11-10-20-33(34)36-26-29-15-9-12-22-35(29)40(30-16-3-1-4-17-30)31-18-5-2-6-19-31/h1-9,12-19,22-26,33-34,37H,10-11,20-21H2/t33-,34-/m1/s1. The second kappa shape index (κ2) is 12.5. The summed E-state index contributed by atoms with van der Waals surface area (Å²) in [7, 11) is -4.46. The fraction of sp³-hybridized carbons (Fsp3) is 0.171. The highest BCUT2D eigenvalue weighted by Gasteiger charge is 2.29. The van der Waals surface area contributed by atoms with Crippen LogP contribution in [0.2, 0.25) is 0 Å². The van der Waals surface area contributed by atoms with Crippen molar-refractivity contribution in [2.24, 2.45) is 4.99 Å². The molecule has 2 atom stereocenters. The largest absolute Gasteiger partial charge is 0.288 e. The summed E-state index contributed by atoms with van der Waals surface area (Å²) >= 11 is 0. The minimum Gasteiger partial charge on any atom is -0.288 e. The van der Waals surface area contributed by atoms with E-state index in [9.17, 15) is 8.42 Å². The van der Waals surface area contributed by atoms with Gasteiger partial charge in [-0.15, -0.1) is 0 Å². The van der Waals surface area contributed by atoms with E-state index in [0.717, 1.165) is 42.0 Å². The quantitative estimate of drug-likeness (QED) is 0.174. The number of nitrogens with one attached hydrogen (secondary N) is 1. The predicted molar refractivity (Wildman–Crippen MR) is 173 cm³/mol. The molecule has 0 saturated heterocycles. The zero-order valence-electron chi connectivity index (χ0n) is 22.8. The van der Waals surface area contributed by atoms with Crippen molar-refractivity contribution in [3.8, 4) is 0 Å². The van der Waals surface area contributed by atoms with Gasteiger partial charge in [0.05, 0.1) is 10.9 Å². The Kier molecular flexibility index (Phi) is 8.38. The average Bonchev–Trinajstić information content (AvgIpc) is 3.02. The molecule has 0 heterocycles. The van der Waals surface area contributed by atoms with Crippen LogP contribution in [-0.2, 0) is 10.0 Å². The Hall–Kier alpha value is -3.63. The molecule has 0 amide bonds. The smallest absolute Gasteiger partial charge is 0.240 e. The first-order chi connectivity index (χ1) is 20.1. The van der Waals surface area contributed by atoms with Crippen molar-refractivity contribution in [2.75, 3.05) is 0 Å². The lowest BCUT2D eigenvalue weighted by Crippen LogP contribution is -2.44. The van der Waals surface area contributed by atoms with Gasteiger partial charge in [-0.25, -0.2) is 13.1 Å². The lowest BCUT2D eigenvalue weighted by atomic mass is 9.91. The minimum atomic E-state index is -3.68. The second-order valence-electron chi connectivity index (χ2n) is 10.4. The Bertz CT molecular complexity index is 1720. The van der Waals surface area contributed by atoms with E-state index in [4.69, 9.17) is 4.99 Å². The van der Waals surface area contributed by atoms with Crippen LogP contribution in [0.25, 0.3) is 10.8 Å². The molecule has 1 aliphatic carbocycles. The van der Waals surface area contributed by atoms with E-state index >= 15 is 0 Å². The Morgan fingerprint density at radius 3 is 2.02 bits per heavy atom. The predicted octanol–water partition coefficient (Wildman–Crippen LogP) is 6.31. The summed E-state index contributed by atoms with van der Waals surface area (Å²) in [5.41, 5.74) is 1.08. The molecule has 4 nitrogen and oxygen atoms in total. The molecule has 1 fully saturated rings. The number of fused-ring (bicyclic) bond motifs is 1. The number of hydrogen-bond acceptors (Lipinski definition) is 3. The van der Waals surface area contributed by atoms with Crippen LogP contribution in [0.1, 0.15) is 31.2 Å². The molecule has 0 aromatic heterocycles. The van der Waals surface area contributed by atoms with Crippen molar-refractivity contribution in [3.05, 3.63) is 133 Å². The monoisotopic (exact) mass is 576 g/mol. The number of benzene rings is 5. The van der Waals surface area contributed by atoms with E-state index in [0.29, 0.717) is 4.90 Å². The van der Waals surface area contributed by atoms with Crippen LogP contribution in [0.3, 0.4) is 0 Å². The van der Waals surface area contributed by atoms with Crippen LogP contribution in [0.5, 0.6) is 0 Å². The molecule has 0 unspecified atom stereocenters. The summed E-state index contributed by atoms with van der Waals surface area (Å²) in [5.74, 6) is 0. The number of rotatable bonds is 8. The molecular weight excluding hydrogens is 543 g/mol. The first-order valence-corrected chi connectivity index (χ1v) is 16.9. The van der Waals surface area contributed by atoms with Crippen LogP contribution in [0.4, 0.5) is 0 Å². The van der Waals surface area contributed by atoms with Crippen LogP contribution in [0.15, 0.2) is 137 Å². The number of sulfonamides is 1. The third-order valence-electron chi connectivity index (χ3n) is 7.68. The van der Waals surface area contributed by atoms with Gasteiger partial charge in [0.1, 0.15) is 0 Å². The summed E-state index contributed by atoms with van der Waals surface area (Å²) < 4.78 is 29.9. The van der Waals surface area contributed by atoms with Crippen molar-refractivity contribution in [3.63, 3.8) is 0 Å². The first kappa shape index (κ1) is 27.5. The zero-order chi connectivity index (χ0) is 28.1. The molecule has 206 valence electrons. The Morgan fingerprint density at radius 2 is 1.29 bits per heavy atom. The van der Waals surface area contributed by atoms with Crippen LogP contribution >= 0.6 is 7.92 Å². The number of hydrogen-bond donors (Lipinski definition) is 1. The summed E-state index contributed by atoms with van der Waals surface area (Å²) in [6.45, 7) is 0. The van der Waals surface area contributed by atoms with Gasteiger partial charge in [0.25, 0.3) is 0 Å². The first-order valence-electron chi connectivity index (χ1n) is 14.1. The van der Waals surface area contributed by atoms with Crippen molar-refractivity contribution in [1.29, 1.82) is 0 Å². The fourth-order valence-electron chi connectivity index (χ4n) is 5.59. The normalized spacial score (nSPS) is 17.8. The van der Waals surface area contributed by atoms with Crippen LogP contribution in [0, 0.1) is 0 Å². The van der Waals surface area contributed by atoms with E-state index in [1.54, 1.807) is 12.1 Å². The maximum Gasteiger partial charge on any atom is 0.240 e. The molecule has 1 aliphatic rings. The molecular formula is C35H33N2O2PS. The van der Waals surface area contributed by atoms with Gasteiger partial charge in [-0.3, -0.25) is 4.99 Å². The fourth-order valence-corrected chi connectivity index (χ4v) is 9.35. The molecule has 0 bridgehead atoms. The van der Waals surface area contributed by atoms with Gasteiger partial charge in [-0.2, -0.15) is 0 Å². The average molecular weight is 577 g/mol. The molecule has 0 radical (unpaired) electrons. The molecule has 5 aromatic rings. The van der Waals surface area contributed by atoms with Gasteiger partial charge >= 0.3 is 0 Å². The Labute approximate surface area is 244 Å². The molecule has 41 heavy (non-hydrogen) atoms. The third-order valence-corrected chi connectivity index (χ3v) is 11.7.